The van der Waals surface area contributed by atoms with Crippen molar-refractivity contribution in [2.75, 3.05) is 5.32 Å². The number of ketones is 1. The van der Waals surface area contributed by atoms with Gasteiger partial charge in [-0.05, 0) is 63.6 Å². The van der Waals surface area contributed by atoms with Crippen LogP contribution in [0.2, 0.25) is 5.02 Å². The average molecular weight is 477 g/mol. The normalized spacial score (nSPS) is 24.0. The van der Waals surface area contributed by atoms with Crippen molar-refractivity contribution in [1.29, 1.82) is 0 Å². The van der Waals surface area contributed by atoms with Crippen molar-refractivity contribution < 1.29 is 24.3 Å². The van der Waals surface area contributed by atoms with Crippen LogP contribution in [-0.4, -0.2) is 53.0 Å². The third kappa shape index (κ3) is 6.10. The monoisotopic (exact) mass is 476 g/mol. The first-order chi connectivity index (χ1) is 15.7. The summed E-state index contributed by atoms with van der Waals surface area (Å²) in [5, 5.41) is 21.8. The molecule has 2 saturated carbocycles. The molecule has 10 heteroatoms. The van der Waals surface area contributed by atoms with Gasteiger partial charge >= 0.3 is 0 Å². The number of amides is 3. The second-order valence-electron chi connectivity index (χ2n) is 9.30. The molecule has 5 N–H and O–H groups in total. The fraction of sp³-hybridized carbons (Fsp3) is 0.565. The van der Waals surface area contributed by atoms with E-state index in [1.54, 1.807) is 12.1 Å². The maximum Gasteiger partial charge on any atom is 0.254 e. The third-order valence-electron chi connectivity index (χ3n) is 6.24. The van der Waals surface area contributed by atoms with Gasteiger partial charge in [0.1, 0.15) is 0 Å². The molecule has 0 radical (unpaired) electrons. The van der Waals surface area contributed by atoms with E-state index in [1.165, 1.54) is 6.07 Å². The van der Waals surface area contributed by atoms with Crippen LogP contribution in [0.1, 0.15) is 55.8 Å². The van der Waals surface area contributed by atoms with Crippen molar-refractivity contribution in [1.82, 2.24) is 16.0 Å². The molecule has 1 aliphatic heterocycles. The molecule has 33 heavy (non-hydrogen) atoms. The number of aliphatic hydroxyl groups excluding tert-OH is 1. The second-order valence-corrected chi connectivity index (χ2v) is 9.74. The zero-order chi connectivity index (χ0) is 23.7. The largest absolute Gasteiger partial charge is 0.371 e. The SMILES string of the molecule is C[C@@H]1C[C@@H](C[C@H](NC(=O)c2cc(Cl)ccc2NC(=O)C2CC2)C(=O)C(O)NC2CC2)C(=O)N1. The van der Waals surface area contributed by atoms with E-state index in [1.807, 2.05) is 6.92 Å². The van der Waals surface area contributed by atoms with Crippen molar-refractivity contribution in [3.8, 4) is 0 Å². The van der Waals surface area contributed by atoms with Crippen LogP contribution in [0, 0.1) is 11.8 Å². The number of carbonyl (C=O) groups is 4. The zero-order valence-corrected chi connectivity index (χ0v) is 19.2. The lowest BCUT2D eigenvalue weighted by molar-refractivity contribution is -0.131. The molecule has 1 unspecified atom stereocenters. The number of hydrogen-bond donors (Lipinski definition) is 5. The molecule has 1 saturated heterocycles. The summed E-state index contributed by atoms with van der Waals surface area (Å²) in [6.45, 7) is 1.87. The molecular formula is C23H29ClN4O5. The Hall–Kier alpha value is -2.49. The number of aliphatic hydroxyl groups is 1. The van der Waals surface area contributed by atoms with Crippen LogP contribution < -0.4 is 21.3 Å². The molecule has 0 bridgehead atoms. The van der Waals surface area contributed by atoms with E-state index in [9.17, 15) is 24.3 Å². The van der Waals surface area contributed by atoms with E-state index in [2.05, 4.69) is 21.3 Å². The number of anilines is 1. The standard InChI is InChI=1S/C23H29ClN4O5/c1-11-8-13(21(31)25-11)9-18(19(29)23(33)26-15-5-6-15)28-22(32)16-10-14(24)4-7-17(16)27-20(30)12-2-3-12/h4,7,10-13,15,18,23,26,33H,2-3,5-6,8-9H2,1H3,(H,25,31)(H,27,30)(H,28,32)/t11-,13+,18+,23?/m1/s1. The van der Waals surface area contributed by atoms with Crippen LogP contribution >= 0.6 is 11.6 Å². The van der Waals surface area contributed by atoms with E-state index < -0.39 is 29.9 Å². The van der Waals surface area contributed by atoms with Crippen molar-refractivity contribution in [3.63, 3.8) is 0 Å². The fourth-order valence-corrected chi connectivity index (χ4v) is 4.24. The Morgan fingerprint density at radius 3 is 2.55 bits per heavy atom. The molecule has 0 spiro atoms. The van der Waals surface area contributed by atoms with E-state index in [-0.39, 0.29) is 41.8 Å². The average Bonchev–Trinajstić information content (AvgIpc) is 3.67. The summed E-state index contributed by atoms with van der Waals surface area (Å²) >= 11 is 6.10. The first kappa shape index (κ1) is 23.7. The van der Waals surface area contributed by atoms with Crippen molar-refractivity contribution in [2.45, 2.75) is 69.8 Å². The number of carbonyl (C=O) groups excluding carboxylic acids is 4. The summed E-state index contributed by atoms with van der Waals surface area (Å²) in [4.78, 5) is 50.7. The summed E-state index contributed by atoms with van der Waals surface area (Å²) in [6.07, 6.45) is 2.51. The van der Waals surface area contributed by atoms with Gasteiger partial charge in [-0.3, -0.25) is 24.5 Å². The highest BCUT2D eigenvalue weighted by atomic mass is 35.5. The lowest BCUT2D eigenvalue weighted by Gasteiger charge is -2.23. The Morgan fingerprint density at radius 1 is 1.21 bits per heavy atom. The van der Waals surface area contributed by atoms with Gasteiger partial charge in [-0.2, -0.15) is 0 Å². The molecule has 4 rings (SSSR count). The van der Waals surface area contributed by atoms with E-state index in [0.717, 1.165) is 25.7 Å². The van der Waals surface area contributed by atoms with E-state index in [4.69, 9.17) is 11.6 Å². The van der Waals surface area contributed by atoms with Gasteiger partial charge in [0, 0.05) is 28.9 Å². The molecule has 3 amide bonds. The first-order valence-corrected chi connectivity index (χ1v) is 11.8. The van der Waals surface area contributed by atoms with Gasteiger partial charge in [0.15, 0.2) is 12.0 Å². The van der Waals surface area contributed by atoms with Gasteiger partial charge < -0.3 is 21.1 Å². The van der Waals surface area contributed by atoms with Crippen molar-refractivity contribution in [3.05, 3.63) is 28.8 Å². The smallest absolute Gasteiger partial charge is 0.254 e. The number of hydrogen-bond acceptors (Lipinski definition) is 6. The minimum Gasteiger partial charge on any atom is -0.371 e. The Labute approximate surface area is 197 Å². The highest BCUT2D eigenvalue weighted by Gasteiger charge is 2.38. The maximum absolute atomic E-state index is 13.2. The van der Waals surface area contributed by atoms with Gasteiger partial charge in [-0.1, -0.05) is 11.6 Å². The minimum atomic E-state index is -1.45. The van der Waals surface area contributed by atoms with Crippen LogP contribution in [0.3, 0.4) is 0 Å². The number of benzene rings is 1. The lowest BCUT2D eigenvalue weighted by atomic mass is 9.93. The van der Waals surface area contributed by atoms with Gasteiger partial charge in [-0.15, -0.1) is 0 Å². The van der Waals surface area contributed by atoms with Crippen molar-refractivity contribution in [2.24, 2.45) is 11.8 Å². The number of nitrogens with one attached hydrogen (secondary N) is 4. The van der Waals surface area contributed by atoms with Crippen LogP contribution in [0.15, 0.2) is 18.2 Å². The van der Waals surface area contributed by atoms with Crippen LogP contribution in [0.5, 0.6) is 0 Å². The zero-order valence-electron chi connectivity index (χ0n) is 18.4. The highest BCUT2D eigenvalue weighted by Crippen LogP contribution is 2.31. The molecule has 1 aromatic rings. The van der Waals surface area contributed by atoms with E-state index >= 15 is 0 Å². The molecule has 3 aliphatic rings. The van der Waals surface area contributed by atoms with E-state index in [0.29, 0.717) is 17.1 Å². The maximum atomic E-state index is 13.2. The molecule has 4 atom stereocenters. The lowest BCUT2D eigenvalue weighted by Crippen LogP contribution is -2.51. The highest BCUT2D eigenvalue weighted by molar-refractivity contribution is 6.31. The molecule has 178 valence electrons. The van der Waals surface area contributed by atoms with Gasteiger partial charge in [0.25, 0.3) is 5.91 Å². The molecule has 1 aromatic carbocycles. The summed E-state index contributed by atoms with van der Waals surface area (Å²) in [5.74, 6) is -2.09. The Morgan fingerprint density at radius 2 is 1.94 bits per heavy atom. The van der Waals surface area contributed by atoms with Gasteiger partial charge in [0.2, 0.25) is 11.8 Å². The van der Waals surface area contributed by atoms with Gasteiger partial charge in [0.05, 0.1) is 17.3 Å². The number of Topliss-reactive ketones (excluding diaryl/α,β-unsaturated/α-hetero) is 1. The summed E-state index contributed by atoms with van der Waals surface area (Å²) in [6, 6.07) is 3.49. The summed E-state index contributed by atoms with van der Waals surface area (Å²) in [7, 11) is 0. The Balaban J connectivity index is 1.52. The first-order valence-electron chi connectivity index (χ1n) is 11.4. The quantitative estimate of drug-likeness (QED) is 0.323. The van der Waals surface area contributed by atoms with Crippen LogP contribution in [-0.2, 0) is 14.4 Å². The fourth-order valence-electron chi connectivity index (χ4n) is 4.06. The number of halogens is 1. The predicted octanol–water partition coefficient (Wildman–Crippen LogP) is 1.34. The molecule has 0 aromatic heterocycles. The van der Waals surface area contributed by atoms with Gasteiger partial charge in [-0.25, -0.2) is 0 Å². The molecule has 1 heterocycles. The predicted molar refractivity (Wildman–Crippen MR) is 122 cm³/mol. The minimum absolute atomic E-state index is 0.0272. The van der Waals surface area contributed by atoms with Crippen LogP contribution in [0.4, 0.5) is 5.69 Å². The second kappa shape index (κ2) is 9.79. The van der Waals surface area contributed by atoms with Crippen LogP contribution in [0.25, 0.3) is 0 Å². The molecule has 3 fully saturated rings. The van der Waals surface area contributed by atoms with Crippen molar-refractivity contribution >= 4 is 40.8 Å². The molecular weight excluding hydrogens is 448 g/mol. The molecule has 2 aliphatic carbocycles. The Kier molecular flexibility index (Phi) is 7.02. The Bertz CT molecular complexity index is 962. The molecule has 9 nitrogen and oxygen atoms in total. The third-order valence-corrected chi connectivity index (χ3v) is 6.47. The number of rotatable bonds is 10. The summed E-state index contributed by atoms with van der Waals surface area (Å²) in [5.41, 5.74) is 0.409. The summed E-state index contributed by atoms with van der Waals surface area (Å²) < 4.78 is 0. The topological polar surface area (TPSA) is 137 Å².